The SMILES string of the molecule is CCC(=O)N(CC(=O)N(Cc1cccn1Cc1ccccc1)C1CCCCC1)C(C)C. The molecule has 168 valence electrons. The van der Waals surface area contributed by atoms with Gasteiger partial charge < -0.3 is 14.4 Å². The zero-order valence-electron chi connectivity index (χ0n) is 19.3. The van der Waals surface area contributed by atoms with Gasteiger partial charge in [0.05, 0.1) is 13.1 Å². The van der Waals surface area contributed by atoms with E-state index in [1.165, 1.54) is 24.8 Å². The minimum atomic E-state index is 0.0200. The van der Waals surface area contributed by atoms with E-state index in [2.05, 4.69) is 47.2 Å². The molecule has 1 heterocycles. The highest BCUT2D eigenvalue weighted by Crippen LogP contribution is 2.25. The molecule has 0 N–H and O–H groups in total. The molecule has 0 spiro atoms. The van der Waals surface area contributed by atoms with E-state index >= 15 is 0 Å². The van der Waals surface area contributed by atoms with Gasteiger partial charge >= 0.3 is 0 Å². The van der Waals surface area contributed by atoms with Crippen LogP contribution in [0.3, 0.4) is 0 Å². The van der Waals surface area contributed by atoms with Crippen molar-refractivity contribution < 1.29 is 9.59 Å². The van der Waals surface area contributed by atoms with Gasteiger partial charge in [0.15, 0.2) is 0 Å². The molecule has 1 aliphatic rings. The van der Waals surface area contributed by atoms with Crippen LogP contribution in [0.2, 0.25) is 0 Å². The predicted octanol–water partition coefficient (Wildman–Crippen LogP) is 4.84. The maximum atomic E-state index is 13.5. The lowest BCUT2D eigenvalue weighted by Gasteiger charge is -2.37. The normalized spacial score (nSPS) is 14.6. The lowest BCUT2D eigenvalue weighted by Crippen LogP contribution is -2.49. The van der Waals surface area contributed by atoms with Crippen LogP contribution in [-0.4, -0.2) is 44.8 Å². The third-order valence-electron chi connectivity index (χ3n) is 6.34. The molecular formula is C26H37N3O2. The van der Waals surface area contributed by atoms with Gasteiger partial charge in [-0.15, -0.1) is 0 Å². The van der Waals surface area contributed by atoms with E-state index in [-0.39, 0.29) is 30.4 Å². The van der Waals surface area contributed by atoms with E-state index < -0.39 is 0 Å². The molecule has 1 aromatic carbocycles. The fourth-order valence-corrected chi connectivity index (χ4v) is 4.51. The molecule has 2 amide bonds. The number of benzene rings is 1. The monoisotopic (exact) mass is 423 g/mol. The van der Waals surface area contributed by atoms with E-state index in [1.54, 1.807) is 4.90 Å². The molecule has 1 aromatic heterocycles. The Morgan fingerprint density at radius 1 is 1.00 bits per heavy atom. The quantitative estimate of drug-likeness (QED) is 0.579. The van der Waals surface area contributed by atoms with Gasteiger partial charge in [0.2, 0.25) is 11.8 Å². The molecule has 5 heteroatoms. The summed E-state index contributed by atoms with van der Waals surface area (Å²) in [7, 11) is 0. The fourth-order valence-electron chi connectivity index (χ4n) is 4.51. The van der Waals surface area contributed by atoms with Crippen LogP contribution in [0.4, 0.5) is 0 Å². The summed E-state index contributed by atoms with van der Waals surface area (Å²) in [6.07, 6.45) is 8.20. The van der Waals surface area contributed by atoms with Crippen molar-refractivity contribution in [2.45, 2.75) is 84.5 Å². The average Bonchev–Trinajstić information content (AvgIpc) is 3.22. The van der Waals surface area contributed by atoms with Crippen molar-refractivity contribution in [3.05, 3.63) is 59.9 Å². The lowest BCUT2D eigenvalue weighted by molar-refractivity contribution is -0.144. The minimum absolute atomic E-state index is 0.0200. The van der Waals surface area contributed by atoms with E-state index in [4.69, 9.17) is 0 Å². The maximum absolute atomic E-state index is 13.5. The van der Waals surface area contributed by atoms with Gasteiger partial charge in [0.25, 0.3) is 0 Å². The second-order valence-electron chi connectivity index (χ2n) is 8.90. The highest BCUT2D eigenvalue weighted by molar-refractivity contribution is 5.85. The van der Waals surface area contributed by atoms with Gasteiger partial charge in [-0.3, -0.25) is 9.59 Å². The molecule has 3 rings (SSSR count). The van der Waals surface area contributed by atoms with Crippen LogP contribution in [0.5, 0.6) is 0 Å². The third-order valence-corrected chi connectivity index (χ3v) is 6.34. The van der Waals surface area contributed by atoms with E-state index in [0.717, 1.165) is 25.1 Å². The Balaban J connectivity index is 1.79. The van der Waals surface area contributed by atoms with Gasteiger partial charge in [-0.2, -0.15) is 0 Å². The Kier molecular flexibility index (Phi) is 8.33. The number of nitrogens with zero attached hydrogens (tertiary/aromatic N) is 3. The molecule has 31 heavy (non-hydrogen) atoms. The molecular weight excluding hydrogens is 386 g/mol. The van der Waals surface area contributed by atoms with Crippen molar-refractivity contribution >= 4 is 11.8 Å². The molecule has 1 aliphatic carbocycles. The van der Waals surface area contributed by atoms with Crippen LogP contribution in [0.25, 0.3) is 0 Å². The standard InChI is InChI=1S/C26H37N3O2/c1-4-25(30)28(21(2)3)20-26(31)29(23-14-9-6-10-15-23)19-24-16-11-17-27(24)18-22-12-7-5-8-13-22/h5,7-8,11-13,16-17,21,23H,4,6,9-10,14-15,18-20H2,1-3H3. The van der Waals surface area contributed by atoms with Crippen molar-refractivity contribution in [1.82, 2.24) is 14.4 Å². The average molecular weight is 424 g/mol. The van der Waals surface area contributed by atoms with E-state index in [0.29, 0.717) is 13.0 Å². The van der Waals surface area contributed by atoms with Crippen LogP contribution in [0, 0.1) is 0 Å². The van der Waals surface area contributed by atoms with Gasteiger partial charge in [-0.05, 0) is 44.4 Å². The largest absolute Gasteiger partial charge is 0.345 e. The number of hydrogen-bond donors (Lipinski definition) is 0. The lowest BCUT2D eigenvalue weighted by atomic mass is 9.94. The first kappa shape index (κ1) is 23.1. The summed E-state index contributed by atoms with van der Waals surface area (Å²) in [5.41, 5.74) is 2.38. The molecule has 1 fully saturated rings. The van der Waals surface area contributed by atoms with Crippen LogP contribution in [0.1, 0.15) is 70.6 Å². The van der Waals surface area contributed by atoms with Gasteiger partial charge in [-0.1, -0.05) is 56.5 Å². The molecule has 1 saturated carbocycles. The van der Waals surface area contributed by atoms with Gasteiger partial charge in [-0.25, -0.2) is 0 Å². The van der Waals surface area contributed by atoms with Crippen LogP contribution in [-0.2, 0) is 22.7 Å². The second kappa shape index (κ2) is 11.2. The van der Waals surface area contributed by atoms with Crippen molar-refractivity contribution in [2.75, 3.05) is 6.54 Å². The summed E-state index contributed by atoms with van der Waals surface area (Å²) >= 11 is 0. The van der Waals surface area contributed by atoms with Crippen molar-refractivity contribution in [3.8, 4) is 0 Å². The molecule has 0 unspecified atom stereocenters. The number of carbonyl (C=O) groups excluding carboxylic acids is 2. The molecule has 5 nitrogen and oxygen atoms in total. The Labute approximate surface area is 187 Å². The summed E-state index contributed by atoms with van der Waals surface area (Å²) in [6, 6.07) is 14.9. The zero-order valence-corrected chi connectivity index (χ0v) is 19.3. The Bertz CT molecular complexity index is 837. The number of rotatable bonds is 9. The number of hydrogen-bond acceptors (Lipinski definition) is 2. The van der Waals surface area contributed by atoms with Crippen molar-refractivity contribution in [2.24, 2.45) is 0 Å². The third kappa shape index (κ3) is 6.22. The highest BCUT2D eigenvalue weighted by atomic mass is 16.2. The number of amides is 2. The number of carbonyl (C=O) groups is 2. The van der Waals surface area contributed by atoms with Gasteiger partial charge in [0, 0.05) is 36.9 Å². The summed E-state index contributed by atoms with van der Waals surface area (Å²) in [4.78, 5) is 29.7. The van der Waals surface area contributed by atoms with Crippen molar-refractivity contribution in [3.63, 3.8) is 0 Å². The molecule has 0 bridgehead atoms. The van der Waals surface area contributed by atoms with E-state index in [1.807, 2.05) is 31.7 Å². The van der Waals surface area contributed by atoms with Crippen LogP contribution >= 0.6 is 0 Å². The molecule has 0 atom stereocenters. The summed E-state index contributed by atoms with van der Waals surface area (Å²) < 4.78 is 2.23. The summed E-state index contributed by atoms with van der Waals surface area (Å²) in [6.45, 7) is 7.38. The van der Waals surface area contributed by atoms with Gasteiger partial charge in [0.1, 0.15) is 0 Å². The zero-order chi connectivity index (χ0) is 22.2. The molecule has 0 radical (unpaired) electrons. The first-order valence-corrected chi connectivity index (χ1v) is 11.8. The van der Waals surface area contributed by atoms with Crippen molar-refractivity contribution in [1.29, 1.82) is 0 Å². The molecule has 2 aromatic rings. The Hall–Kier alpha value is -2.56. The van der Waals surface area contributed by atoms with E-state index in [9.17, 15) is 9.59 Å². The second-order valence-corrected chi connectivity index (χ2v) is 8.90. The molecule has 0 aliphatic heterocycles. The predicted molar refractivity (Wildman–Crippen MR) is 125 cm³/mol. The van der Waals surface area contributed by atoms with Crippen LogP contribution < -0.4 is 0 Å². The Morgan fingerprint density at radius 3 is 2.35 bits per heavy atom. The minimum Gasteiger partial charge on any atom is -0.345 e. The first-order chi connectivity index (χ1) is 15.0. The summed E-state index contributed by atoms with van der Waals surface area (Å²) in [5.74, 6) is 0.106. The highest BCUT2D eigenvalue weighted by Gasteiger charge is 2.29. The first-order valence-electron chi connectivity index (χ1n) is 11.8. The number of aromatic nitrogens is 1. The topological polar surface area (TPSA) is 45.6 Å². The summed E-state index contributed by atoms with van der Waals surface area (Å²) in [5, 5.41) is 0. The van der Waals surface area contributed by atoms with Crippen LogP contribution in [0.15, 0.2) is 48.7 Å². The Morgan fingerprint density at radius 2 is 1.71 bits per heavy atom. The maximum Gasteiger partial charge on any atom is 0.242 e. The fraction of sp³-hybridized carbons (Fsp3) is 0.538. The smallest absolute Gasteiger partial charge is 0.242 e. The molecule has 0 saturated heterocycles.